The average Bonchev–Trinajstić information content (AvgIpc) is 2.75. The van der Waals surface area contributed by atoms with Gasteiger partial charge < -0.3 is 15.4 Å². The predicted octanol–water partition coefficient (Wildman–Crippen LogP) is 4.06. The second-order valence-corrected chi connectivity index (χ2v) is 6.32. The van der Waals surface area contributed by atoms with Gasteiger partial charge in [0.25, 0.3) is 11.8 Å². The first kappa shape index (κ1) is 20.1. The van der Waals surface area contributed by atoms with Gasteiger partial charge in [-0.25, -0.2) is 4.39 Å². The lowest BCUT2D eigenvalue weighted by Gasteiger charge is -2.14. The Balaban J connectivity index is 1.79. The van der Waals surface area contributed by atoms with E-state index in [1.807, 2.05) is 30.3 Å². The van der Waals surface area contributed by atoms with Crippen LogP contribution in [0.3, 0.4) is 0 Å². The number of anilines is 1. The van der Waals surface area contributed by atoms with Gasteiger partial charge in [0.1, 0.15) is 5.56 Å². The van der Waals surface area contributed by atoms with Crippen LogP contribution in [0.15, 0.2) is 72.8 Å². The van der Waals surface area contributed by atoms with Gasteiger partial charge in [-0.2, -0.15) is 0 Å². The summed E-state index contributed by atoms with van der Waals surface area (Å²) in [5.41, 5.74) is 1.27. The molecule has 148 valence electrons. The van der Waals surface area contributed by atoms with E-state index >= 15 is 0 Å². The zero-order valence-electron chi connectivity index (χ0n) is 15.9. The van der Waals surface area contributed by atoms with Gasteiger partial charge in [0, 0.05) is 12.1 Å². The summed E-state index contributed by atoms with van der Waals surface area (Å²) < 4.78 is 19.8. The summed E-state index contributed by atoms with van der Waals surface area (Å²) in [6.07, 6.45) is 0.601. The van der Waals surface area contributed by atoms with E-state index in [1.54, 1.807) is 30.3 Å². The molecular formula is C23H21FN2O3. The predicted molar refractivity (Wildman–Crippen MR) is 110 cm³/mol. The summed E-state index contributed by atoms with van der Waals surface area (Å²) >= 11 is 0. The number of hydrogen-bond acceptors (Lipinski definition) is 3. The maximum Gasteiger partial charge on any atom is 0.256 e. The van der Waals surface area contributed by atoms with Gasteiger partial charge in [0.2, 0.25) is 0 Å². The van der Waals surface area contributed by atoms with Crippen molar-refractivity contribution < 1.29 is 18.7 Å². The molecule has 0 aliphatic rings. The summed E-state index contributed by atoms with van der Waals surface area (Å²) in [5.74, 6) is -1.96. The first-order chi connectivity index (χ1) is 14.1. The Labute approximate surface area is 168 Å². The third-order valence-corrected chi connectivity index (χ3v) is 4.38. The molecule has 0 saturated heterocycles. The van der Waals surface area contributed by atoms with Crippen molar-refractivity contribution in [2.75, 3.05) is 19.0 Å². The van der Waals surface area contributed by atoms with E-state index in [2.05, 4.69) is 10.6 Å². The molecule has 0 atom stereocenters. The number of halogens is 1. The fourth-order valence-corrected chi connectivity index (χ4v) is 2.88. The van der Waals surface area contributed by atoms with E-state index in [-0.39, 0.29) is 17.0 Å². The zero-order chi connectivity index (χ0) is 20.6. The number of nitrogens with one attached hydrogen (secondary N) is 2. The minimum atomic E-state index is -0.824. The Kier molecular flexibility index (Phi) is 6.58. The number of ether oxygens (including phenoxy) is 1. The van der Waals surface area contributed by atoms with Gasteiger partial charge in [0.15, 0.2) is 11.6 Å². The Bertz CT molecular complexity index is 992. The van der Waals surface area contributed by atoms with Gasteiger partial charge in [-0.15, -0.1) is 0 Å². The lowest BCUT2D eigenvalue weighted by Crippen LogP contribution is -2.28. The van der Waals surface area contributed by atoms with E-state index in [4.69, 9.17) is 4.74 Å². The SMILES string of the molecule is COc1ccc(NC(=O)c2ccccc2)c(C(=O)NCCc2ccccc2)c1F. The highest BCUT2D eigenvalue weighted by atomic mass is 19.1. The molecular weight excluding hydrogens is 371 g/mol. The highest BCUT2D eigenvalue weighted by Gasteiger charge is 2.22. The van der Waals surface area contributed by atoms with Crippen LogP contribution in [0.1, 0.15) is 26.3 Å². The van der Waals surface area contributed by atoms with Crippen LogP contribution in [0.25, 0.3) is 0 Å². The van der Waals surface area contributed by atoms with Gasteiger partial charge in [0.05, 0.1) is 12.8 Å². The van der Waals surface area contributed by atoms with Crippen LogP contribution < -0.4 is 15.4 Å². The van der Waals surface area contributed by atoms with Crippen LogP contribution in [0.4, 0.5) is 10.1 Å². The highest BCUT2D eigenvalue weighted by molar-refractivity contribution is 6.09. The fourth-order valence-electron chi connectivity index (χ4n) is 2.88. The van der Waals surface area contributed by atoms with E-state index in [0.29, 0.717) is 18.5 Å². The van der Waals surface area contributed by atoms with Crippen LogP contribution in [-0.2, 0) is 6.42 Å². The lowest BCUT2D eigenvalue weighted by atomic mass is 10.1. The number of hydrogen-bond donors (Lipinski definition) is 2. The van der Waals surface area contributed by atoms with Crippen molar-refractivity contribution in [2.45, 2.75) is 6.42 Å². The molecule has 0 saturated carbocycles. The summed E-state index contributed by atoms with van der Waals surface area (Å²) in [7, 11) is 1.32. The second-order valence-electron chi connectivity index (χ2n) is 6.32. The number of benzene rings is 3. The summed E-state index contributed by atoms with van der Waals surface area (Å²) in [5, 5.41) is 5.32. The second kappa shape index (κ2) is 9.50. The molecule has 0 fully saturated rings. The summed E-state index contributed by atoms with van der Waals surface area (Å²) in [6.45, 7) is 0.325. The van der Waals surface area contributed by atoms with E-state index in [9.17, 15) is 14.0 Å². The largest absolute Gasteiger partial charge is 0.494 e. The van der Waals surface area contributed by atoms with Crippen LogP contribution >= 0.6 is 0 Å². The van der Waals surface area contributed by atoms with Crippen molar-refractivity contribution in [3.63, 3.8) is 0 Å². The van der Waals surface area contributed by atoms with Crippen molar-refractivity contribution in [3.8, 4) is 5.75 Å². The smallest absolute Gasteiger partial charge is 0.256 e. The molecule has 0 aliphatic carbocycles. The molecule has 0 unspecified atom stereocenters. The molecule has 3 aromatic carbocycles. The number of methoxy groups -OCH3 is 1. The molecule has 2 amide bonds. The Morgan fingerprint density at radius 2 is 1.55 bits per heavy atom. The molecule has 0 aromatic heterocycles. The van der Waals surface area contributed by atoms with Crippen molar-refractivity contribution in [1.29, 1.82) is 0 Å². The van der Waals surface area contributed by atoms with Crippen molar-refractivity contribution in [2.24, 2.45) is 0 Å². The van der Waals surface area contributed by atoms with Gasteiger partial charge in [-0.1, -0.05) is 48.5 Å². The topological polar surface area (TPSA) is 67.4 Å². The standard InChI is InChI=1S/C23H21FN2O3/c1-29-19-13-12-18(26-22(27)17-10-6-3-7-11-17)20(21(19)24)23(28)25-15-14-16-8-4-2-5-9-16/h2-13H,14-15H2,1H3,(H,25,28)(H,26,27). The fraction of sp³-hybridized carbons (Fsp3) is 0.130. The Hall–Kier alpha value is -3.67. The van der Waals surface area contributed by atoms with Crippen LogP contribution in [0.5, 0.6) is 5.75 Å². The Morgan fingerprint density at radius 1 is 0.897 bits per heavy atom. The molecule has 0 heterocycles. The first-order valence-corrected chi connectivity index (χ1v) is 9.15. The molecule has 6 heteroatoms. The lowest BCUT2D eigenvalue weighted by molar-refractivity contribution is 0.0950. The molecule has 2 N–H and O–H groups in total. The average molecular weight is 392 g/mol. The van der Waals surface area contributed by atoms with E-state index in [1.165, 1.54) is 19.2 Å². The zero-order valence-corrected chi connectivity index (χ0v) is 15.9. The molecule has 0 spiro atoms. The van der Waals surface area contributed by atoms with E-state index < -0.39 is 17.6 Å². The van der Waals surface area contributed by atoms with Crippen LogP contribution in [0.2, 0.25) is 0 Å². The monoisotopic (exact) mass is 392 g/mol. The molecule has 0 bridgehead atoms. The molecule has 3 aromatic rings. The molecule has 5 nitrogen and oxygen atoms in total. The molecule has 0 aliphatic heterocycles. The normalized spacial score (nSPS) is 10.3. The van der Waals surface area contributed by atoms with Crippen LogP contribution in [-0.4, -0.2) is 25.5 Å². The van der Waals surface area contributed by atoms with Gasteiger partial charge in [-0.05, 0) is 36.2 Å². The number of amides is 2. The quantitative estimate of drug-likeness (QED) is 0.637. The Morgan fingerprint density at radius 3 is 2.21 bits per heavy atom. The minimum absolute atomic E-state index is 0.0732. The van der Waals surface area contributed by atoms with Gasteiger partial charge >= 0.3 is 0 Å². The highest BCUT2D eigenvalue weighted by Crippen LogP contribution is 2.27. The molecule has 29 heavy (non-hydrogen) atoms. The minimum Gasteiger partial charge on any atom is -0.494 e. The summed E-state index contributed by atoms with van der Waals surface area (Å²) in [4.78, 5) is 25.2. The number of carbonyl (C=O) groups excluding carboxylic acids is 2. The first-order valence-electron chi connectivity index (χ1n) is 9.15. The summed E-state index contributed by atoms with van der Waals surface area (Å²) in [6, 6.07) is 21.0. The van der Waals surface area contributed by atoms with Crippen molar-refractivity contribution in [1.82, 2.24) is 5.32 Å². The van der Waals surface area contributed by atoms with Gasteiger partial charge in [-0.3, -0.25) is 9.59 Å². The van der Waals surface area contributed by atoms with Crippen molar-refractivity contribution >= 4 is 17.5 Å². The molecule has 3 rings (SSSR count). The van der Waals surface area contributed by atoms with Crippen LogP contribution in [0, 0.1) is 5.82 Å². The maximum atomic E-state index is 14.8. The molecule has 0 radical (unpaired) electrons. The van der Waals surface area contributed by atoms with Crippen molar-refractivity contribution in [3.05, 3.63) is 95.3 Å². The number of carbonyl (C=O) groups is 2. The third kappa shape index (κ3) is 4.99. The van der Waals surface area contributed by atoms with E-state index in [0.717, 1.165) is 5.56 Å². The third-order valence-electron chi connectivity index (χ3n) is 4.38. The number of rotatable bonds is 7. The maximum absolute atomic E-state index is 14.8.